The van der Waals surface area contributed by atoms with Crippen LogP contribution in [0.5, 0.6) is 23.0 Å². The van der Waals surface area contributed by atoms with E-state index in [2.05, 4.69) is 0 Å². The number of aromatic hydroxyl groups is 3. The first-order valence-corrected chi connectivity index (χ1v) is 14.9. The van der Waals surface area contributed by atoms with Crippen LogP contribution in [0, 0.1) is 0 Å². The van der Waals surface area contributed by atoms with Crippen LogP contribution >= 0.6 is 0 Å². The van der Waals surface area contributed by atoms with Gasteiger partial charge in [0.15, 0.2) is 10.9 Å². The van der Waals surface area contributed by atoms with Gasteiger partial charge in [0.1, 0.15) is 71.1 Å². The average Bonchev–Trinajstić information content (AvgIpc) is 3.10. The lowest BCUT2D eigenvalue weighted by atomic mass is 9.99. The van der Waals surface area contributed by atoms with Gasteiger partial charge in [-0.1, -0.05) is 24.3 Å². The Hall–Kier alpha value is -5.70. The Morgan fingerprint density at radius 3 is 1.61 bits per heavy atom. The smallest absolute Gasteiger partial charge is 0.229 e. The maximum atomic E-state index is 12.8. The summed E-state index contributed by atoms with van der Waals surface area (Å²) in [4.78, 5) is 25.1. The molecule has 1 fully saturated rings. The topological polar surface area (TPSA) is 220 Å². The Labute approximate surface area is 276 Å². The van der Waals surface area contributed by atoms with Crippen LogP contribution in [0.15, 0.2) is 116 Å². The summed E-state index contributed by atoms with van der Waals surface area (Å²) in [7, 11) is 0. The van der Waals surface area contributed by atoms with E-state index in [1.54, 1.807) is 24.3 Å². The molecule has 1 aliphatic heterocycles. The summed E-state index contributed by atoms with van der Waals surface area (Å²) in [6, 6.07) is 21.2. The molecule has 4 aromatic carbocycles. The van der Waals surface area contributed by atoms with Gasteiger partial charge in [-0.05, 0) is 59.7 Å². The molecule has 6 aromatic rings. The minimum Gasteiger partial charge on any atom is -0.508 e. The SMILES string of the molecule is O=c1c(-c2ccc(O)cc2)coc2cc(O)ccc12.O=c1c(-c2ccc(O)cc2)coc2cc(OC3O[C@H](CO)[C@@H](O)[C@H](O)[C@H]3O)ccc12. The molecule has 7 rings (SSSR count). The van der Waals surface area contributed by atoms with Crippen molar-refractivity contribution in [2.24, 2.45) is 0 Å². The Bertz CT molecular complexity index is 2210. The maximum Gasteiger partial charge on any atom is 0.229 e. The van der Waals surface area contributed by atoms with Gasteiger partial charge in [0.2, 0.25) is 6.29 Å². The maximum absolute atomic E-state index is 12.8. The molecule has 0 saturated carbocycles. The van der Waals surface area contributed by atoms with Gasteiger partial charge in [0.25, 0.3) is 0 Å². The standard InChI is InChI=1S/C21H20O9.C15H10O4/c22-8-16-18(25)19(26)20(27)21(30-16)29-12-5-6-13-15(7-12)28-9-14(17(13)24)10-1-3-11(23)4-2-10;16-10-3-1-9(2-4-10)13-8-19-14-7-11(17)5-6-12(14)15(13)18/h1-7,9,16,18-23,25-27H,8H2;1-8,16-17H/t16-,18-,19+,20-,21?;/m1./s1. The highest BCUT2D eigenvalue weighted by Gasteiger charge is 2.44. The summed E-state index contributed by atoms with van der Waals surface area (Å²) in [5.41, 5.74) is 2.11. The molecule has 7 N–H and O–H groups in total. The molecular weight excluding hydrogens is 640 g/mol. The molecule has 49 heavy (non-hydrogen) atoms. The lowest BCUT2D eigenvalue weighted by molar-refractivity contribution is -0.277. The van der Waals surface area contributed by atoms with Gasteiger partial charge in [-0.2, -0.15) is 0 Å². The second kappa shape index (κ2) is 13.8. The van der Waals surface area contributed by atoms with Crippen LogP contribution in [0.25, 0.3) is 44.2 Å². The van der Waals surface area contributed by atoms with Crippen molar-refractivity contribution in [3.05, 3.63) is 118 Å². The van der Waals surface area contributed by atoms with Crippen LogP contribution in [-0.2, 0) is 4.74 Å². The van der Waals surface area contributed by atoms with E-state index in [-0.39, 0.29) is 39.4 Å². The van der Waals surface area contributed by atoms with E-state index in [4.69, 9.17) is 18.3 Å². The Morgan fingerprint density at radius 1 is 0.592 bits per heavy atom. The van der Waals surface area contributed by atoms with E-state index < -0.39 is 37.3 Å². The average molecular weight is 671 g/mol. The van der Waals surface area contributed by atoms with E-state index in [1.165, 1.54) is 73.2 Å². The number of phenolic OH excluding ortho intramolecular Hbond substituents is 3. The van der Waals surface area contributed by atoms with Crippen molar-refractivity contribution in [1.82, 2.24) is 0 Å². The van der Waals surface area contributed by atoms with Gasteiger partial charge in [0.05, 0.1) is 28.5 Å². The number of benzene rings is 4. The van der Waals surface area contributed by atoms with Crippen molar-refractivity contribution in [1.29, 1.82) is 0 Å². The number of hydrogen-bond acceptors (Lipinski definition) is 13. The number of rotatable bonds is 5. The number of aliphatic hydroxyl groups excluding tert-OH is 4. The molecule has 13 nitrogen and oxygen atoms in total. The zero-order valence-corrected chi connectivity index (χ0v) is 25.4. The molecule has 0 bridgehead atoms. The minimum absolute atomic E-state index is 0.0491. The molecular formula is C36H30O13. The molecule has 2 aromatic heterocycles. The normalized spacial score (nSPS) is 20.4. The lowest BCUT2D eigenvalue weighted by Crippen LogP contribution is -2.60. The number of ether oxygens (including phenoxy) is 2. The highest BCUT2D eigenvalue weighted by molar-refractivity contribution is 5.83. The molecule has 3 heterocycles. The van der Waals surface area contributed by atoms with E-state index in [0.29, 0.717) is 38.6 Å². The van der Waals surface area contributed by atoms with Crippen molar-refractivity contribution < 1.29 is 54.1 Å². The Kier molecular flexibility index (Phi) is 9.35. The number of hydrogen-bond donors (Lipinski definition) is 7. The molecule has 13 heteroatoms. The largest absolute Gasteiger partial charge is 0.508 e. The molecule has 1 unspecified atom stereocenters. The predicted molar refractivity (Wildman–Crippen MR) is 175 cm³/mol. The van der Waals surface area contributed by atoms with Crippen LogP contribution < -0.4 is 15.6 Å². The molecule has 252 valence electrons. The molecule has 0 radical (unpaired) electrons. The summed E-state index contributed by atoms with van der Waals surface area (Å²) in [6.45, 7) is -0.572. The zero-order valence-electron chi connectivity index (χ0n) is 25.4. The first-order chi connectivity index (χ1) is 23.5. The van der Waals surface area contributed by atoms with Crippen molar-refractivity contribution in [3.8, 4) is 45.3 Å². The number of fused-ring (bicyclic) bond motifs is 2. The van der Waals surface area contributed by atoms with Gasteiger partial charge in [-0.3, -0.25) is 9.59 Å². The number of phenols is 3. The van der Waals surface area contributed by atoms with Gasteiger partial charge in [0, 0.05) is 12.1 Å². The van der Waals surface area contributed by atoms with Gasteiger partial charge in [-0.15, -0.1) is 0 Å². The highest BCUT2D eigenvalue weighted by atomic mass is 16.7. The fourth-order valence-corrected chi connectivity index (χ4v) is 5.28. The van der Waals surface area contributed by atoms with Crippen molar-refractivity contribution in [2.45, 2.75) is 30.7 Å². The summed E-state index contributed by atoms with van der Waals surface area (Å²) in [5.74, 6) is 0.457. The minimum atomic E-state index is -1.56. The third-order valence-electron chi connectivity index (χ3n) is 7.96. The van der Waals surface area contributed by atoms with E-state index >= 15 is 0 Å². The predicted octanol–water partition coefficient (Wildman–Crippen LogP) is 3.22. The van der Waals surface area contributed by atoms with Crippen molar-refractivity contribution in [3.63, 3.8) is 0 Å². The molecule has 0 amide bonds. The molecule has 1 saturated heterocycles. The summed E-state index contributed by atoms with van der Waals surface area (Å²) in [6.07, 6.45) is -4.39. The fraction of sp³-hybridized carbons (Fsp3) is 0.167. The lowest BCUT2D eigenvalue weighted by Gasteiger charge is -2.39. The van der Waals surface area contributed by atoms with Crippen LogP contribution in [0.2, 0.25) is 0 Å². The van der Waals surface area contributed by atoms with Gasteiger partial charge >= 0.3 is 0 Å². The van der Waals surface area contributed by atoms with Gasteiger partial charge < -0.3 is 54.1 Å². The second-order valence-electron chi connectivity index (χ2n) is 11.2. The summed E-state index contributed by atoms with van der Waals surface area (Å²) in [5, 5.41) is 67.7. The first-order valence-electron chi connectivity index (χ1n) is 14.9. The quantitative estimate of drug-likeness (QED) is 0.140. The van der Waals surface area contributed by atoms with E-state index in [9.17, 15) is 45.3 Å². The molecule has 0 aliphatic carbocycles. The van der Waals surface area contributed by atoms with Crippen LogP contribution in [0.4, 0.5) is 0 Å². The van der Waals surface area contributed by atoms with Crippen LogP contribution in [-0.4, -0.2) is 73.1 Å². The fourth-order valence-electron chi connectivity index (χ4n) is 5.28. The zero-order chi connectivity index (χ0) is 34.8. The Morgan fingerprint density at radius 2 is 1.08 bits per heavy atom. The van der Waals surface area contributed by atoms with Crippen LogP contribution in [0.1, 0.15) is 0 Å². The molecule has 5 atom stereocenters. The monoisotopic (exact) mass is 670 g/mol. The summed E-state index contributed by atoms with van der Waals surface area (Å²) < 4.78 is 21.8. The summed E-state index contributed by atoms with van der Waals surface area (Å²) >= 11 is 0. The second-order valence-corrected chi connectivity index (χ2v) is 11.2. The third-order valence-corrected chi connectivity index (χ3v) is 7.96. The highest BCUT2D eigenvalue weighted by Crippen LogP contribution is 2.28. The number of aliphatic hydroxyl groups is 4. The Balaban J connectivity index is 0.000000188. The molecule has 1 aliphatic rings. The van der Waals surface area contributed by atoms with Gasteiger partial charge in [-0.25, -0.2) is 0 Å². The van der Waals surface area contributed by atoms with Crippen molar-refractivity contribution >= 4 is 21.9 Å². The molecule has 0 spiro atoms. The van der Waals surface area contributed by atoms with E-state index in [0.717, 1.165) is 0 Å². The van der Waals surface area contributed by atoms with Crippen LogP contribution in [0.3, 0.4) is 0 Å². The third kappa shape index (κ3) is 6.83. The first kappa shape index (κ1) is 33.2. The van der Waals surface area contributed by atoms with Crippen molar-refractivity contribution in [2.75, 3.05) is 6.61 Å². The van der Waals surface area contributed by atoms with E-state index in [1.807, 2.05) is 0 Å².